The maximum absolute atomic E-state index is 10.1. The third kappa shape index (κ3) is 5.15. The fourth-order valence-electron chi connectivity index (χ4n) is 2.62. The molecule has 0 radical (unpaired) electrons. The first-order valence-electron chi connectivity index (χ1n) is 7.57. The average Bonchev–Trinajstić information content (AvgIpc) is 2.71. The van der Waals surface area contributed by atoms with Crippen molar-refractivity contribution in [2.45, 2.75) is 26.4 Å². The molecule has 1 heterocycles. The lowest BCUT2D eigenvalue weighted by molar-refractivity contribution is 0.0703. The smallest absolute Gasteiger partial charge is 0.120 e. The van der Waals surface area contributed by atoms with Crippen molar-refractivity contribution in [2.24, 2.45) is 0 Å². The van der Waals surface area contributed by atoms with Gasteiger partial charge in [-0.3, -0.25) is 4.90 Å². The summed E-state index contributed by atoms with van der Waals surface area (Å²) in [5, 5.41) is 14.3. The molecule has 0 unspecified atom stereocenters. The van der Waals surface area contributed by atoms with Gasteiger partial charge >= 0.3 is 0 Å². The van der Waals surface area contributed by atoms with Crippen LogP contribution in [0.25, 0.3) is 0 Å². The van der Waals surface area contributed by atoms with Crippen LogP contribution in [0.1, 0.15) is 17.5 Å². The van der Waals surface area contributed by atoms with Crippen LogP contribution in [0.3, 0.4) is 0 Å². The van der Waals surface area contributed by atoms with E-state index in [1.54, 1.807) is 0 Å². The standard InChI is InChI=1S/C16H25ClN2O2/c1-12-8-15(9-13(2)16(12)17)21-11-14(20)10-19-6-3-4-18-5-7-19/h8-9,14,18,20H,3-7,10-11H2,1-2H3/t14-/m1/s1. The zero-order chi connectivity index (χ0) is 15.2. The summed E-state index contributed by atoms with van der Waals surface area (Å²) in [6, 6.07) is 3.83. The number of β-amino-alcohol motifs (C(OH)–C–C–N with tert-alkyl or cyclic N) is 1. The maximum Gasteiger partial charge on any atom is 0.120 e. The summed E-state index contributed by atoms with van der Waals surface area (Å²) < 4.78 is 5.71. The van der Waals surface area contributed by atoms with Gasteiger partial charge in [0, 0.05) is 24.7 Å². The third-order valence-corrected chi connectivity index (χ3v) is 4.35. The predicted molar refractivity (Wildman–Crippen MR) is 86.4 cm³/mol. The lowest BCUT2D eigenvalue weighted by Crippen LogP contribution is -2.37. The van der Waals surface area contributed by atoms with Crippen molar-refractivity contribution >= 4 is 11.6 Å². The first kappa shape index (κ1) is 16.6. The molecule has 0 aromatic heterocycles. The van der Waals surface area contributed by atoms with E-state index in [0.29, 0.717) is 13.2 Å². The van der Waals surface area contributed by atoms with Gasteiger partial charge in [-0.2, -0.15) is 0 Å². The molecule has 0 saturated carbocycles. The van der Waals surface area contributed by atoms with E-state index in [4.69, 9.17) is 16.3 Å². The summed E-state index contributed by atoms with van der Waals surface area (Å²) in [5.41, 5.74) is 2.00. The largest absolute Gasteiger partial charge is 0.491 e. The van der Waals surface area contributed by atoms with Gasteiger partial charge in [0.15, 0.2) is 0 Å². The molecule has 2 rings (SSSR count). The van der Waals surface area contributed by atoms with Crippen molar-refractivity contribution in [3.05, 3.63) is 28.3 Å². The summed E-state index contributed by atoms with van der Waals surface area (Å²) in [6.07, 6.45) is 0.655. The monoisotopic (exact) mass is 312 g/mol. The van der Waals surface area contributed by atoms with Crippen molar-refractivity contribution in [3.63, 3.8) is 0 Å². The van der Waals surface area contributed by atoms with Crippen LogP contribution in [0.4, 0.5) is 0 Å². The van der Waals surface area contributed by atoms with Gasteiger partial charge in [0.25, 0.3) is 0 Å². The van der Waals surface area contributed by atoms with E-state index in [1.807, 2.05) is 26.0 Å². The number of hydrogen-bond donors (Lipinski definition) is 2. The molecular weight excluding hydrogens is 288 g/mol. The van der Waals surface area contributed by atoms with Crippen molar-refractivity contribution in [2.75, 3.05) is 39.3 Å². The SMILES string of the molecule is Cc1cc(OC[C@H](O)CN2CCCNCC2)cc(C)c1Cl. The Labute approximate surface area is 132 Å². The van der Waals surface area contributed by atoms with Gasteiger partial charge in [-0.15, -0.1) is 0 Å². The van der Waals surface area contributed by atoms with Gasteiger partial charge in [-0.1, -0.05) is 11.6 Å². The third-order valence-electron chi connectivity index (χ3n) is 3.75. The van der Waals surface area contributed by atoms with Crippen LogP contribution < -0.4 is 10.1 Å². The Morgan fingerprint density at radius 2 is 2.00 bits per heavy atom. The molecule has 1 fully saturated rings. The van der Waals surface area contributed by atoms with E-state index < -0.39 is 6.10 Å². The Bertz CT molecular complexity index is 437. The molecule has 118 valence electrons. The topological polar surface area (TPSA) is 44.7 Å². The van der Waals surface area contributed by atoms with Crippen LogP contribution in [0.2, 0.25) is 5.02 Å². The zero-order valence-corrected chi connectivity index (χ0v) is 13.6. The highest BCUT2D eigenvalue weighted by molar-refractivity contribution is 6.32. The summed E-state index contributed by atoms with van der Waals surface area (Å²) in [4.78, 5) is 2.28. The Balaban J connectivity index is 1.81. The van der Waals surface area contributed by atoms with Gasteiger partial charge in [0.05, 0.1) is 0 Å². The van der Waals surface area contributed by atoms with Crippen LogP contribution in [-0.2, 0) is 0 Å². The van der Waals surface area contributed by atoms with Gasteiger partial charge in [0.2, 0.25) is 0 Å². The number of aliphatic hydroxyl groups excluding tert-OH is 1. The normalized spacial score (nSPS) is 18.3. The number of nitrogens with one attached hydrogen (secondary N) is 1. The summed E-state index contributed by atoms with van der Waals surface area (Å²) >= 11 is 6.14. The molecule has 1 aliphatic rings. The minimum absolute atomic E-state index is 0.310. The molecule has 0 aliphatic carbocycles. The van der Waals surface area contributed by atoms with Crippen molar-refractivity contribution in [1.29, 1.82) is 0 Å². The number of aliphatic hydroxyl groups is 1. The summed E-state index contributed by atoms with van der Waals surface area (Å²) in [6.45, 7) is 8.96. The first-order chi connectivity index (χ1) is 10.1. The molecule has 21 heavy (non-hydrogen) atoms. The Kier molecular flexibility index (Phi) is 6.30. The van der Waals surface area contributed by atoms with E-state index in [9.17, 15) is 5.11 Å². The molecule has 2 N–H and O–H groups in total. The lowest BCUT2D eigenvalue weighted by atomic mass is 10.1. The number of benzene rings is 1. The summed E-state index contributed by atoms with van der Waals surface area (Å²) in [5.74, 6) is 0.769. The van der Waals surface area contributed by atoms with Crippen LogP contribution in [-0.4, -0.2) is 55.4 Å². The molecule has 1 aromatic rings. The van der Waals surface area contributed by atoms with Crippen molar-refractivity contribution in [1.82, 2.24) is 10.2 Å². The summed E-state index contributed by atoms with van der Waals surface area (Å²) in [7, 11) is 0. The van der Waals surface area contributed by atoms with E-state index in [2.05, 4.69) is 10.2 Å². The average molecular weight is 313 g/mol. The van der Waals surface area contributed by atoms with E-state index in [1.165, 1.54) is 0 Å². The molecule has 1 saturated heterocycles. The Morgan fingerprint density at radius 3 is 2.71 bits per heavy atom. The highest BCUT2D eigenvalue weighted by Crippen LogP contribution is 2.25. The minimum Gasteiger partial charge on any atom is -0.491 e. The maximum atomic E-state index is 10.1. The fourth-order valence-corrected chi connectivity index (χ4v) is 2.73. The molecule has 1 atom stereocenters. The fraction of sp³-hybridized carbons (Fsp3) is 0.625. The highest BCUT2D eigenvalue weighted by Gasteiger charge is 2.14. The number of ether oxygens (including phenoxy) is 1. The molecular formula is C16H25ClN2O2. The molecule has 0 spiro atoms. The Morgan fingerprint density at radius 1 is 1.29 bits per heavy atom. The molecule has 0 amide bonds. The first-order valence-corrected chi connectivity index (χ1v) is 7.94. The number of rotatable bonds is 5. The van der Waals surface area contributed by atoms with E-state index >= 15 is 0 Å². The lowest BCUT2D eigenvalue weighted by Gasteiger charge is -2.23. The van der Waals surface area contributed by atoms with Gasteiger partial charge in [-0.05, 0) is 56.6 Å². The van der Waals surface area contributed by atoms with E-state index in [-0.39, 0.29) is 0 Å². The van der Waals surface area contributed by atoms with Gasteiger partial charge in [0.1, 0.15) is 18.5 Å². The molecule has 1 aromatic carbocycles. The van der Waals surface area contributed by atoms with Crippen LogP contribution in [0.15, 0.2) is 12.1 Å². The van der Waals surface area contributed by atoms with Crippen LogP contribution in [0.5, 0.6) is 5.75 Å². The van der Waals surface area contributed by atoms with Crippen LogP contribution >= 0.6 is 11.6 Å². The zero-order valence-electron chi connectivity index (χ0n) is 12.9. The van der Waals surface area contributed by atoms with Crippen LogP contribution in [0, 0.1) is 13.8 Å². The number of nitrogens with zero attached hydrogens (tertiary/aromatic N) is 1. The second-order valence-electron chi connectivity index (χ2n) is 5.74. The van der Waals surface area contributed by atoms with E-state index in [0.717, 1.165) is 54.5 Å². The molecule has 4 nitrogen and oxygen atoms in total. The minimum atomic E-state index is -0.473. The second kappa shape index (κ2) is 7.99. The Hall–Kier alpha value is -0.810. The number of hydrogen-bond acceptors (Lipinski definition) is 4. The molecule has 5 heteroatoms. The number of aryl methyl sites for hydroxylation is 2. The molecule has 0 bridgehead atoms. The van der Waals surface area contributed by atoms with Gasteiger partial charge in [-0.25, -0.2) is 0 Å². The van der Waals surface area contributed by atoms with Gasteiger partial charge < -0.3 is 15.2 Å². The van der Waals surface area contributed by atoms with Crippen molar-refractivity contribution in [3.8, 4) is 5.75 Å². The number of halogens is 1. The second-order valence-corrected chi connectivity index (χ2v) is 6.12. The van der Waals surface area contributed by atoms with Crippen molar-refractivity contribution < 1.29 is 9.84 Å². The predicted octanol–water partition coefficient (Wildman–Crippen LogP) is 1.99. The quantitative estimate of drug-likeness (QED) is 0.873. The molecule has 1 aliphatic heterocycles. The highest BCUT2D eigenvalue weighted by atomic mass is 35.5.